The fourth-order valence-electron chi connectivity index (χ4n) is 2.21. The molecule has 1 heterocycles. The van der Waals surface area contributed by atoms with E-state index < -0.39 is 0 Å². The van der Waals surface area contributed by atoms with Crippen LogP contribution in [0.5, 0.6) is 0 Å². The average Bonchev–Trinajstić information content (AvgIpc) is 3.14. The quantitative estimate of drug-likeness (QED) is 0.941. The molecule has 1 amide bonds. The van der Waals surface area contributed by atoms with Gasteiger partial charge in [-0.1, -0.05) is 15.9 Å². The van der Waals surface area contributed by atoms with E-state index in [1.54, 1.807) is 11.0 Å². The van der Waals surface area contributed by atoms with Crippen molar-refractivity contribution in [3.63, 3.8) is 0 Å². The Labute approximate surface area is 119 Å². The average molecular weight is 324 g/mol. The van der Waals surface area contributed by atoms with E-state index in [0.29, 0.717) is 17.9 Å². The van der Waals surface area contributed by atoms with Gasteiger partial charge in [0.05, 0.1) is 6.61 Å². The van der Waals surface area contributed by atoms with Gasteiger partial charge in [0, 0.05) is 22.4 Å². The topological polar surface area (TPSA) is 53.7 Å². The Morgan fingerprint density at radius 1 is 1.42 bits per heavy atom. The summed E-state index contributed by atoms with van der Waals surface area (Å²) in [7, 11) is 0. The lowest BCUT2D eigenvalue weighted by Gasteiger charge is -2.19. The van der Waals surface area contributed by atoms with E-state index >= 15 is 0 Å². The first kappa shape index (κ1) is 12.7. The minimum absolute atomic E-state index is 0.0198. The standard InChI is InChI=1S/C14H14BrNO3/c15-10-1-4-12-9(7-10)8-13(19-12)14(18)16(5-6-17)11-2-3-11/h1,4,7-8,11,17H,2-3,5-6H2. The zero-order valence-electron chi connectivity index (χ0n) is 10.3. The van der Waals surface area contributed by atoms with Crippen molar-refractivity contribution in [2.75, 3.05) is 13.2 Å². The highest BCUT2D eigenvalue weighted by atomic mass is 79.9. The first-order chi connectivity index (χ1) is 9.19. The highest BCUT2D eigenvalue weighted by Gasteiger charge is 2.33. The smallest absolute Gasteiger partial charge is 0.289 e. The summed E-state index contributed by atoms with van der Waals surface area (Å²) in [6.07, 6.45) is 2.02. The molecule has 1 saturated carbocycles. The van der Waals surface area contributed by atoms with Crippen molar-refractivity contribution in [3.8, 4) is 0 Å². The number of amides is 1. The van der Waals surface area contributed by atoms with Gasteiger partial charge >= 0.3 is 0 Å². The molecule has 1 N–H and O–H groups in total. The Morgan fingerprint density at radius 2 is 2.21 bits per heavy atom. The number of benzene rings is 1. The van der Waals surface area contributed by atoms with Crippen LogP contribution in [0.25, 0.3) is 11.0 Å². The molecular formula is C14H14BrNO3. The molecule has 3 rings (SSSR count). The van der Waals surface area contributed by atoms with Crippen LogP contribution < -0.4 is 0 Å². The number of halogens is 1. The normalized spacial score (nSPS) is 14.8. The van der Waals surface area contributed by atoms with Gasteiger partial charge in [-0.25, -0.2) is 0 Å². The Bertz CT molecular complexity index is 618. The van der Waals surface area contributed by atoms with Crippen LogP contribution in [0.3, 0.4) is 0 Å². The van der Waals surface area contributed by atoms with E-state index in [0.717, 1.165) is 22.7 Å². The lowest BCUT2D eigenvalue weighted by molar-refractivity contribution is 0.0678. The molecule has 1 aromatic carbocycles. The van der Waals surface area contributed by atoms with E-state index in [2.05, 4.69) is 15.9 Å². The number of hydrogen-bond donors (Lipinski definition) is 1. The number of fused-ring (bicyclic) bond motifs is 1. The zero-order valence-corrected chi connectivity index (χ0v) is 11.9. The molecule has 1 fully saturated rings. The number of nitrogens with zero attached hydrogens (tertiary/aromatic N) is 1. The number of hydrogen-bond acceptors (Lipinski definition) is 3. The predicted molar refractivity (Wildman–Crippen MR) is 75.1 cm³/mol. The van der Waals surface area contributed by atoms with E-state index in [9.17, 15) is 4.79 Å². The minimum Gasteiger partial charge on any atom is -0.451 e. The number of carbonyl (C=O) groups excluding carboxylic acids is 1. The summed E-state index contributed by atoms with van der Waals surface area (Å²) in [6.45, 7) is 0.345. The summed E-state index contributed by atoms with van der Waals surface area (Å²) in [5, 5.41) is 9.96. The van der Waals surface area contributed by atoms with Crippen LogP contribution in [0, 0.1) is 0 Å². The molecule has 0 bridgehead atoms. The third-order valence-electron chi connectivity index (χ3n) is 3.28. The van der Waals surface area contributed by atoms with E-state index in [-0.39, 0.29) is 18.6 Å². The highest BCUT2D eigenvalue weighted by Crippen LogP contribution is 2.30. The van der Waals surface area contributed by atoms with Crippen LogP contribution in [0.1, 0.15) is 23.4 Å². The Morgan fingerprint density at radius 3 is 2.89 bits per heavy atom. The molecule has 0 saturated heterocycles. The molecule has 19 heavy (non-hydrogen) atoms. The van der Waals surface area contributed by atoms with Crippen LogP contribution in [0.15, 0.2) is 33.2 Å². The van der Waals surface area contributed by atoms with Crippen molar-refractivity contribution in [1.29, 1.82) is 0 Å². The Balaban J connectivity index is 1.91. The maximum absolute atomic E-state index is 12.4. The molecule has 100 valence electrons. The summed E-state index contributed by atoms with van der Waals surface area (Å²) in [5.41, 5.74) is 0.700. The molecule has 1 aliphatic rings. The number of carbonyl (C=O) groups is 1. The maximum Gasteiger partial charge on any atom is 0.289 e. The monoisotopic (exact) mass is 323 g/mol. The second-order valence-corrected chi connectivity index (χ2v) is 5.66. The van der Waals surface area contributed by atoms with Gasteiger partial charge in [0.25, 0.3) is 5.91 Å². The SMILES string of the molecule is O=C(c1cc2cc(Br)ccc2o1)N(CCO)C1CC1. The molecule has 0 spiro atoms. The lowest BCUT2D eigenvalue weighted by atomic mass is 10.2. The van der Waals surface area contributed by atoms with Crippen LogP contribution in [0.4, 0.5) is 0 Å². The van der Waals surface area contributed by atoms with Gasteiger partial charge in [-0.05, 0) is 37.1 Å². The van der Waals surface area contributed by atoms with Gasteiger partial charge in [-0.3, -0.25) is 4.79 Å². The molecule has 1 aliphatic carbocycles. The summed E-state index contributed by atoms with van der Waals surface area (Å²) >= 11 is 3.40. The number of aliphatic hydroxyl groups is 1. The number of rotatable bonds is 4. The van der Waals surface area contributed by atoms with Crippen LogP contribution in [-0.4, -0.2) is 35.1 Å². The van der Waals surface area contributed by atoms with E-state index in [4.69, 9.17) is 9.52 Å². The largest absolute Gasteiger partial charge is 0.451 e. The van der Waals surface area contributed by atoms with Gasteiger partial charge in [-0.15, -0.1) is 0 Å². The molecule has 2 aromatic rings. The van der Waals surface area contributed by atoms with Gasteiger partial charge in [0.1, 0.15) is 5.58 Å². The summed E-state index contributed by atoms with van der Waals surface area (Å²) < 4.78 is 6.55. The first-order valence-electron chi connectivity index (χ1n) is 6.30. The molecular weight excluding hydrogens is 310 g/mol. The first-order valence-corrected chi connectivity index (χ1v) is 7.09. The molecule has 4 nitrogen and oxygen atoms in total. The van der Waals surface area contributed by atoms with E-state index in [1.165, 1.54) is 0 Å². The fraction of sp³-hybridized carbons (Fsp3) is 0.357. The lowest BCUT2D eigenvalue weighted by Crippen LogP contribution is -2.35. The van der Waals surface area contributed by atoms with Gasteiger partial charge in [0.15, 0.2) is 5.76 Å². The van der Waals surface area contributed by atoms with Crippen molar-refractivity contribution < 1.29 is 14.3 Å². The third kappa shape index (κ3) is 2.53. The predicted octanol–water partition coefficient (Wildman–Crippen LogP) is 2.79. The molecule has 5 heteroatoms. The zero-order chi connectivity index (χ0) is 13.4. The Kier molecular flexibility index (Phi) is 3.33. The van der Waals surface area contributed by atoms with E-state index in [1.807, 2.05) is 18.2 Å². The van der Waals surface area contributed by atoms with Crippen molar-refractivity contribution in [2.45, 2.75) is 18.9 Å². The summed E-state index contributed by atoms with van der Waals surface area (Å²) in [6, 6.07) is 7.66. The highest BCUT2D eigenvalue weighted by molar-refractivity contribution is 9.10. The summed E-state index contributed by atoms with van der Waals surface area (Å²) in [4.78, 5) is 14.1. The van der Waals surface area contributed by atoms with Crippen LogP contribution in [-0.2, 0) is 0 Å². The minimum atomic E-state index is -0.135. The molecule has 0 unspecified atom stereocenters. The van der Waals surface area contributed by atoms with Crippen molar-refractivity contribution in [2.24, 2.45) is 0 Å². The molecule has 0 aliphatic heterocycles. The van der Waals surface area contributed by atoms with Gasteiger partial charge in [0.2, 0.25) is 0 Å². The van der Waals surface area contributed by atoms with Crippen molar-refractivity contribution in [1.82, 2.24) is 4.90 Å². The molecule has 0 radical (unpaired) electrons. The second kappa shape index (κ2) is 4.98. The third-order valence-corrected chi connectivity index (χ3v) is 3.77. The van der Waals surface area contributed by atoms with Crippen molar-refractivity contribution in [3.05, 3.63) is 34.5 Å². The number of aliphatic hydroxyl groups excluding tert-OH is 1. The van der Waals surface area contributed by atoms with Crippen LogP contribution in [0.2, 0.25) is 0 Å². The second-order valence-electron chi connectivity index (χ2n) is 4.75. The van der Waals surface area contributed by atoms with Crippen molar-refractivity contribution >= 4 is 32.8 Å². The summed E-state index contributed by atoms with van der Waals surface area (Å²) in [5.74, 6) is 0.206. The van der Waals surface area contributed by atoms with Gasteiger partial charge < -0.3 is 14.4 Å². The molecule has 0 atom stereocenters. The molecule has 1 aromatic heterocycles. The maximum atomic E-state index is 12.4. The number of furan rings is 1. The van der Waals surface area contributed by atoms with Gasteiger partial charge in [-0.2, -0.15) is 0 Å². The fourth-order valence-corrected chi connectivity index (χ4v) is 2.58. The van der Waals surface area contributed by atoms with Crippen LogP contribution >= 0.6 is 15.9 Å². The Hall–Kier alpha value is -1.33.